The van der Waals surface area contributed by atoms with E-state index >= 15 is 0 Å². The van der Waals surface area contributed by atoms with Crippen LogP contribution in [-0.2, 0) is 35.1 Å². The van der Waals surface area contributed by atoms with Crippen LogP contribution in [0.4, 0.5) is 0 Å². The SMILES string of the molecule is C/C(=C\C(=O)OC(C)(C)C)[C@H](C)C[C@@H](O)[C@H](O)[C@@H]1CC[C@H]2O[C@@]3(CC[C@]2(C)O1)O[C@@H](COCc1ccccc1)C[C@@H]3C. The quantitative estimate of drug-likeness (QED) is 0.274. The molecule has 8 heteroatoms. The first-order valence-electron chi connectivity index (χ1n) is 15.6. The predicted octanol–water partition coefficient (Wildman–Crippen LogP) is 5.48. The lowest BCUT2D eigenvalue weighted by molar-refractivity contribution is -0.350. The van der Waals surface area contributed by atoms with E-state index in [4.69, 9.17) is 23.7 Å². The van der Waals surface area contributed by atoms with Crippen LogP contribution >= 0.6 is 0 Å². The van der Waals surface area contributed by atoms with Crippen LogP contribution in [0.25, 0.3) is 0 Å². The van der Waals surface area contributed by atoms with Crippen molar-refractivity contribution in [1.29, 1.82) is 0 Å². The van der Waals surface area contributed by atoms with Crippen molar-refractivity contribution in [2.24, 2.45) is 11.8 Å². The number of fused-ring (bicyclic) bond motifs is 1. The summed E-state index contributed by atoms with van der Waals surface area (Å²) in [5, 5.41) is 22.0. The highest BCUT2D eigenvalue weighted by molar-refractivity contribution is 5.83. The molecule has 8 nitrogen and oxygen atoms in total. The minimum atomic E-state index is -1.04. The monoisotopic (exact) mass is 588 g/mol. The molecule has 42 heavy (non-hydrogen) atoms. The number of aliphatic hydroxyl groups excluding tert-OH is 2. The minimum absolute atomic E-state index is 0.0166. The third kappa shape index (κ3) is 8.21. The number of esters is 1. The molecule has 236 valence electrons. The van der Waals surface area contributed by atoms with Gasteiger partial charge in [0, 0.05) is 18.4 Å². The fraction of sp³-hybridized carbons (Fsp3) is 0.735. The molecule has 0 unspecified atom stereocenters. The van der Waals surface area contributed by atoms with E-state index in [1.54, 1.807) is 0 Å². The van der Waals surface area contributed by atoms with Gasteiger partial charge >= 0.3 is 5.97 Å². The highest BCUT2D eigenvalue weighted by Crippen LogP contribution is 2.51. The molecular weight excluding hydrogens is 536 g/mol. The van der Waals surface area contributed by atoms with Crippen molar-refractivity contribution in [3.8, 4) is 0 Å². The molecule has 0 saturated carbocycles. The Morgan fingerprint density at radius 2 is 1.83 bits per heavy atom. The predicted molar refractivity (Wildman–Crippen MR) is 159 cm³/mol. The van der Waals surface area contributed by atoms with Gasteiger partial charge in [-0.1, -0.05) is 49.8 Å². The highest BCUT2D eigenvalue weighted by atomic mass is 16.7. The van der Waals surface area contributed by atoms with Crippen molar-refractivity contribution in [3.63, 3.8) is 0 Å². The Balaban J connectivity index is 1.27. The second-order valence-corrected chi connectivity index (χ2v) is 14.0. The van der Waals surface area contributed by atoms with Gasteiger partial charge in [-0.05, 0) is 78.2 Å². The first-order chi connectivity index (χ1) is 19.7. The molecule has 0 amide bonds. The summed E-state index contributed by atoms with van der Waals surface area (Å²) >= 11 is 0. The zero-order valence-corrected chi connectivity index (χ0v) is 26.5. The van der Waals surface area contributed by atoms with Gasteiger partial charge in [0.05, 0.1) is 43.2 Å². The van der Waals surface area contributed by atoms with E-state index in [0.29, 0.717) is 38.9 Å². The summed E-state index contributed by atoms with van der Waals surface area (Å²) in [6.45, 7) is 14.6. The van der Waals surface area contributed by atoms with Gasteiger partial charge in [-0.15, -0.1) is 0 Å². The summed E-state index contributed by atoms with van der Waals surface area (Å²) in [4.78, 5) is 12.2. The third-order valence-corrected chi connectivity index (χ3v) is 9.18. The van der Waals surface area contributed by atoms with Crippen LogP contribution in [0.3, 0.4) is 0 Å². The van der Waals surface area contributed by atoms with Gasteiger partial charge < -0.3 is 33.9 Å². The molecule has 1 spiro atoms. The van der Waals surface area contributed by atoms with E-state index in [-0.39, 0.29) is 24.0 Å². The Morgan fingerprint density at radius 1 is 1.12 bits per heavy atom. The van der Waals surface area contributed by atoms with Crippen molar-refractivity contribution in [3.05, 3.63) is 47.5 Å². The van der Waals surface area contributed by atoms with Gasteiger partial charge in [0.25, 0.3) is 0 Å². The lowest BCUT2D eigenvalue weighted by Gasteiger charge is -2.54. The Labute approximate surface area is 251 Å². The number of hydrogen-bond donors (Lipinski definition) is 2. The number of allylic oxidation sites excluding steroid dienone is 1. The molecule has 3 heterocycles. The molecule has 0 aliphatic carbocycles. The average molecular weight is 589 g/mol. The molecule has 0 bridgehead atoms. The Kier molecular flexibility index (Phi) is 10.6. The number of benzene rings is 1. The van der Waals surface area contributed by atoms with Crippen molar-refractivity contribution < 1.29 is 38.7 Å². The number of rotatable bonds is 10. The molecule has 0 radical (unpaired) electrons. The van der Waals surface area contributed by atoms with Crippen LogP contribution in [0.2, 0.25) is 0 Å². The summed E-state index contributed by atoms with van der Waals surface area (Å²) in [6, 6.07) is 10.1. The maximum Gasteiger partial charge on any atom is 0.331 e. The van der Waals surface area contributed by atoms with Crippen LogP contribution in [0.15, 0.2) is 42.0 Å². The molecule has 1 aromatic rings. The molecule has 4 rings (SSSR count). The molecule has 1 aromatic carbocycles. The molecule has 9 atom stereocenters. The third-order valence-electron chi connectivity index (χ3n) is 9.18. The number of carbonyl (C=O) groups excluding carboxylic acids is 1. The maximum absolute atomic E-state index is 12.2. The Bertz CT molecular complexity index is 1070. The fourth-order valence-corrected chi connectivity index (χ4v) is 6.52. The second-order valence-electron chi connectivity index (χ2n) is 14.0. The molecule has 3 aliphatic rings. The normalized spacial score (nSPS) is 34.1. The first-order valence-corrected chi connectivity index (χ1v) is 15.6. The standard InChI is InChI=1S/C34H52O8/c1-22(23(2)18-30(36)42-32(4,5)6)17-27(35)31(37)28-13-14-29-33(7,40-28)15-16-34(41-29)24(3)19-26(39-34)21-38-20-25-11-9-8-10-12-25/h8-12,18,22,24,26-29,31,35,37H,13-17,19-21H2,1-7H3/b23-18+/t22-,24+,26-,27-,28+,29-,31+,33+,34-/m1/s1. The van der Waals surface area contributed by atoms with Gasteiger partial charge in [-0.2, -0.15) is 0 Å². The summed E-state index contributed by atoms with van der Waals surface area (Å²) in [5.41, 5.74) is 0.804. The van der Waals surface area contributed by atoms with Gasteiger partial charge in [-0.25, -0.2) is 4.79 Å². The average Bonchev–Trinajstić information content (AvgIpc) is 3.21. The lowest BCUT2D eigenvalue weighted by Crippen LogP contribution is -2.61. The van der Waals surface area contributed by atoms with Crippen LogP contribution in [-0.4, -0.2) is 70.3 Å². The van der Waals surface area contributed by atoms with Crippen molar-refractivity contribution >= 4 is 5.97 Å². The van der Waals surface area contributed by atoms with Crippen molar-refractivity contribution in [2.45, 2.75) is 141 Å². The lowest BCUT2D eigenvalue weighted by atomic mass is 9.78. The minimum Gasteiger partial charge on any atom is -0.457 e. The highest BCUT2D eigenvalue weighted by Gasteiger charge is 2.58. The van der Waals surface area contributed by atoms with Crippen LogP contribution in [0, 0.1) is 11.8 Å². The summed E-state index contributed by atoms with van der Waals surface area (Å²) in [7, 11) is 0. The van der Waals surface area contributed by atoms with Crippen molar-refractivity contribution in [2.75, 3.05) is 6.61 Å². The van der Waals surface area contributed by atoms with E-state index in [1.807, 2.05) is 59.7 Å². The smallest absolute Gasteiger partial charge is 0.331 e. The zero-order chi connectivity index (χ0) is 30.7. The molecule has 3 fully saturated rings. The molecule has 3 saturated heterocycles. The second kappa shape index (κ2) is 13.4. The molecular formula is C34H52O8. The molecule has 2 N–H and O–H groups in total. The summed E-state index contributed by atoms with van der Waals surface area (Å²) in [6.07, 6.45) is 2.70. The first kappa shape index (κ1) is 33.1. The number of ether oxygens (including phenoxy) is 5. The Morgan fingerprint density at radius 3 is 2.52 bits per heavy atom. The van der Waals surface area contributed by atoms with E-state index < -0.39 is 41.3 Å². The van der Waals surface area contributed by atoms with Gasteiger partial charge in [0.1, 0.15) is 11.7 Å². The van der Waals surface area contributed by atoms with Crippen molar-refractivity contribution in [1.82, 2.24) is 0 Å². The van der Waals surface area contributed by atoms with E-state index in [9.17, 15) is 15.0 Å². The topological polar surface area (TPSA) is 104 Å². The number of carbonyl (C=O) groups is 1. The van der Waals surface area contributed by atoms with Crippen LogP contribution in [0.1, 0.15) is 92.6 Å². The van der Waals surface area contributed by atoms with E-state index in [1.165, 1.54) is 6.08 Å². The Hall–Kier alpha value is -1.81. The zero-order valence-electron chi connectivity index (χ0n) is 26.5. The summed E-state index contributed by atoms with van der Waals surface area (Å²) < 4.78 is 31.1. The van der Waals surface area contributed by atoms with Gasteiger partial charge in [-0.3, -0.25) is 0 Å². The number of hydrogen-bond acceptors (Lipinski definition) is 8. The van der Waals surface area contributed by atoms with Gasteiger partial charge in [0.15, 0.2) is 5.79 Å². The van der Waals surface area contributed by atoms with Crippen LogP contribution < -0.4 is 0 Å². The molecule has 3 aliphatic heterocycles. The number of aliphatic hydroxyl groups is 2. The summed E-state index contributed by atoms with van der Waals surface area (Å²) in [5.74, 6) is -0.932. The van der Waals surface area contributed by atoms with Crippen LogP contribution in [0.5, 0.6) is 0 Å². The van der Waals surface area contributed by atoms with E-state index in [2.05, 4.69) is 19.1 Å². The molecule has 0 aromatic heterocycles. The maximum atomic E-state index is 12.2. The fourth-order valence-electron chi connectivity index (χ4n) is 6.52. The largest absolute Gasteiger partial charge is 0.457 e. The van der Waals surface area contributed by atoms with E-state index in [0.717, 1.165) is 24.0 Å². The van der Waals surface area contributed by atoms with Gasteiger partial charge in [0.2, 0.25) is 0 Å².